The van der Waals surface area contributed by atoms with Gasteiger partial charge in [-0.15, -0.1) is 0 Å². The zero-order chi connectivity index (χ0) is 19.8. The Morgan fingerprint density at radius 3 is 2.19 bits per heavy atom. The van der Waals surface area contributed by atoms with E-state index in [1.165, 1.54) is 6.92 Å². The third kappa shape index (κ3) is 6.72. The molecule has 0 aliphatic carbocycles. The quantitative estimate of drug-likeness (QED) is 0.743. The predicted molar refractivity (Wildman–Crippen MR) is 109 cm³/mol. The standard InChI is InChI=1S/C22H27ClN2O2/c1-16(2)14-24-22(27)21(13-18-7-5-4-6-8-18)25(17(3)26)15-19-9-11-20(23)12-10-19/h4-12,16,21H,13-15H2,1-3H3,(H,24,27). The average Bonchev–Trinajstić information content (AvgIpc) is 2.64. The van der Waals surface area contributed by atoms with Crippen LogP contribution in [0.2, 0.25) is 5.02 Å². The first kappa shape index (κ1) is 21.0. The number of benzene rings is 2. The number of carbonyl (C=O) groups excluding carboxylic acids is 2. The molecule has 2 aromatic rings. The fourth-order valence-corrected chi connectivity index (χ4v) is 2.96. The van der Waals surface area contributed by atoms with Crippen LogP contribution in [0, 0.1) is 5.92 Å². The van der Waals surface area contributed by atoms with Crippen LogP contribution in [0.1, 0.15) is 31.9 Å². The lowest BCUT2D eigenvalue weighted by Crippen LogP contribution is -2.50. The first-order chi connectivity index (χ1) is 12.9. The summed E-state index contributed by atoms with van der Waals surface area (Å²) in [5.74, 6) is 0.0793. The van der Waals surface area contributed by atoms with Gasteiger partial charge in [0, 0.05) is 31.5 Å². The van der Waals surface area contributed by atoms with Gasteiger partial charge in [0.15, 0.2) is 0 Å². The number of nitrogens with one attached hydrogen (secondary N) is 1. The Morgan fingerprint density at radius 1 is 1.00 bits per heavy atom. The molecule has 2 aromatic carbocycles. The maximum Gasteiger partial charge on any atom is 0.243 e. The summed E-state index contributed by atoms with van der Waals surface area (Å²) >= 11 is 5.96. The molecule has 5 heteroatoms. The fraction of sp³-hybridized carbons (Fsp3) is 0.364. The van der Waals surface area contributed by atoms with Gasteiger partial charge in [-0.25, -0.2) is 0 Å². The van der Waals surface area contributed by atoms with Crippen LogP contribution in [-0.2, 0) is 22.6 Å². The molecule has 2 amide bonds. The van der Waals surface area contributed by atoms with Crippen LogP contribution >= 0.6 is 11.6 Å². The second-order valence-corrected chi connectivity index (χ2v) is 7.55. The maximum atomic E-state index is 12.9. The molecule has 0 aromatic heterocycles. The molecule has 0 saturated carbocycles. The van der Waals surface area contributed by atoms with E-state index >= 15 is 0 Å². The topological polar surface area (TPSA) is 49.4 Å². The van der Waals surface area contributed by atoms with Gasteiger partial charge in [0.05, 0.1) is 0 Å². The molecule has 0 heterocycles. The van der Waals surface area contributed by atoms with Crippen molar-refractivity contribution in [2.75, 3.05) is 6.54 Å². The molecule has 1 unspecified atom stereocenters. The number of hydrogen-bond acceptors (Lipinski definition) is 2. The number of nitrogens with zero attached hydrogens (tertiary/aromatic N) is 1. The first-order valence-electron chi connectivity index (χ1n) is 9.20. The van der Waals surface area contributed by atoms with E-state index in [4.69, 9.17) is 11.6 Å². The number of carbonyl (C=O) groups is 2. The summed E-state index contributed by atoms with van der Waals surface area (Å²) in [6.07, 6.45) is 0.470. The van der Waals surface area contributed by atoms with Crippen LogP contribution in [-0.4, -0.2) is 29.3 Å². The summed E-state index contributed by atoms with van der Waals surface area (Å²) in [6, 6.07) is 16.5. The SMILES string of the molecule is CC(=O)N(Cc1ccc(Cl)cc1)C(Cc1ccccc1)C(=O)NCC(C)C. The van der Waals surface area contributed by atoms with Gasteiger partial charge in [0.2, 0.25) is 11.8 Å². The second-order valence-electron chi connectivity index (χ2n) is 7.12. The molecule has 0 saturated heterocycles. The average molecular weight is 387 g/mol. The normalized spacial score (nSPS) is 11.9. The molecule has 144 valence electrons. The lowest BCUT2D eigenvalue weighted by Gasteiger charge is -2.30. The smallest absolute Gasteiger partial charge is 0.243 e. The zero-order valence-corrected chi connectivity index (χ0v) is 16.9. The van der Waals surface area contributed by atoms with Crippen LogP contribution in [0.4, 0.5) is 0 Å². The van der Waals surface area contributed by atoms with Gasteiger partial charge in [-0.2, -0.15) is 0 Å². The lowest BCUT2D eigenvalue weighted by molar-refractivity contribution is -0.139. The molecule has 0 bridgehead atoms. The molecule has 0 fully saturated rings. The van der Waals surface area contributed by atoms with Gasteiger partial charge in [-0.1, -0.05) is 67.9 Å². The molecule has 1 atom stereocenters. The van der Waals surface area contributed by atoms with E-state index in [0.717, 1.165) is 11.1 Å². The summed E-state index contributed by atoms with van der Waals surface area (Å²) in [5, 5.41) is 3.62. The molecule has 1 N–H and O–H groups in total. The van der Waals surface area contributed by atoms with Crippen LogP contribution in [0.15, 0.2) is 54.6 Å². The monoisotopic (exact) mass is 386 g/mol. The van der Waals surface area contributed by atoms with Crippen molar-refractivity contribution in [3.63, 3.8) is 0 Å². The Kier molecular flexibility index (Phi) is 7.86. The van der Waals surface area contributed by atoms with Crippen molar-refractivity contribution in [2.24, 2.45) is 5.92 Å². The van der Waals surface area contributed by atoms with Crippen LogP contribution in [0.5, 0.6) is 0 Å². The van der Waals surface area contributed by atoms with E-state index in [9.17, 15) is 9.59 Å². The highest BCUT2D eigenvalue weighted by atomic mass is 35.5. The van der Waals surface area contributed by atoms with E-state index in [0.29, 0.717) is 30.5 Å². The Labute approximate surface area is 166 Å². The van der Waals surface area contributed by atoms with Gasteiger partial charge in [-0.05, 0) is 29.2 Å². The van der Waals surface area contributed by atoms with Crippen LogP contribution in [0.3, 0.4) is 0 Å². The Bertz CT molecular complexity index is 745. The van der Waals surface area contributed by atoms with Crippen molar-refractivity contribution >= 4 is 23.4 Å². The Morgan fingerprint density at radius 2 is 1.63 bits per heavy atom. The van der Waals surface area contributed by atoms with Crippen molar-refractivity contribution < 1.29 is 9.59 Å². The van der Waals surface area contributed by atoms with Crippen molar-refractivity contribution in [1.29, 1.82) is 0 Å². The molecule has 2 rings (SSSR count). The lowest BCUT2D eigenvalue weighted by atomic mass is 10.0. The summed E-state index contributed by atoms with van der Waals surface area (Å²) < 4.78 is 0. The van der Waals surface area contributed by atoms with Crippen molar-refractivity contribution in [2.45, 2.75) is 39.8 Å². The van der Waals surface area contributed by atoms with Gasteiger partial charge < -0.3 is 10.2 Å². The van der Waals surface area contributed by atoms with E-state index in [1.54, 1.807) is 17.0 Å². The molecule has 0 aliphatic rings. The number of amides is 2. The van der Waals surface area contributed by atoms with Gasteiger partial charge in [0.25, 0.3) is 0 Å². The summed E-state index contributed by atoms with van der Waals surface area (Å²) in [7, 11) is 0. The predicted octanol–water partition coefficient (Wildman–Crippen LogP) is 4.07. The number of rotatable bonds is 8. The Balaban J connectivity index is 2.26. The number of hydrogen-bond donors (Lipinski definition) is 1. The fourth-order valence-electron chi connectivity index (χ4n) is 2.83. The maximum absolute atomic E-state index is 12.9. The van der Waals surface area contributed by atoms with Crippen molar-refractivity contribution in [1.82, 2.24) is 10.2 Å². The minimum Gasteiger partial charge on any atom is -0.354 e. The van der Waals surface area contributed by atoms with E-state index in [-0.39, 0.29) is 11.8 Å². The van der Waals surface area contributed by atoms with E-state index in [1.807, 2.05) is 56.3 Å². The molecular weight excluding hydrogens is 360 g/mol. The second kappa shape index (κ2) is 10.1. The van der Waals surface area contributed by atoms with Crippen LogP contribution < -0.4 is 5.32 Å². The molecule has 27 heavy (non-hydrogen) atoms. The first-order valence-corrected chi connectivity index (χ1v) is 9.58. The highest BCUT2D eigenvalue weighted by Crippen LogP contribution is 2.16. The summed E-state index contributed by atoms with van der Waals surface area (Å²) in [4.78, 5) is 27.0. The zero-order valence-electron chi connectivity index (χ0n) is 16.1. The molecule has 4 nitrogen and oxygen atoms in total. The minimum absolute atomic E-state index is 0.128. The van der Waals surface area contributed by atoms with Crippen molar-refractivity contribution in [3.8, 4) is 0 Å². The minimum atomic E-state index is -0.570. The third-order valence-corrected chi connectivity index (χ3v) is 4.56. The van der Waals surface area contributed by atoms with Crippen molar-refractivity contribution in [3.05, 3.63) is 70.7 Å². The van der Waals surface area contributed by atoms with Gasteiger partial charge in [0.1, 0.15) is 6.04 Å². The summed E-state index contributed by atoms with van der Waals surface area (Å²) in [5.41, 5.74) is 1.95. The highest BCUT2D eigenvalue weighted by molar-refractivity contribution is 6.30. The van der Waals surface area contributed by atoms with Crippen LogP contribution in [0.25, 0.3) is 0 Å². The van der Waals surface area contributed by atoms with Gasteiger partial charge >= 0.3 is 0 Å². The molecular formula is C22H27ClN2O2. The van der Waals surface area contributed by atoms with E-state index in [2.05, 4.69) is 5.32 Å². The molecule has 0 spiro atoms. The van der Waals surface area contributed by atoms with Gasteiger partial charge in [-0.3, -0.25) is 9.59 Å². The molecule has 0 aliphatic heterocycles. The summed E-state index contributed by atoms with van der Waals surface area (Å²) in [6.45, 7) is 6.53. The molecule has 0 radical (unpaired) electrons. The Hall–Kier alpha value is -2.33. The largest absolute Gasteiger partial charge is 0.354 e. The number of halogens is 1. The van der Waals surface area contributed by atoms with E-state index < -0.39 is 6.04 Å². The highest BCUT2D eigenvalue weighted by Gasteiger charge is 2.28. The third-order valence-electron chi connectivity index (χ3n) is 4.31.